The van der Waals surface area contributed by atoms with Crippen molar-refractivity contribution in [1.82, 2.24) is 0 Å². The van der Waals surface area contributed by atoms with E-state index in [0.29, 0.717) is 0 Å². The number of hydrogen-bond donors (Lipinski definition) is 1. The van der Waals surface area contributed by atoms with Crippen LogP contribution < -0.4 is 5.73 Å². The Morgan fingerprint density at radius 3 is 2.10 bits per heavy atom. The predicted octanol–water partition coefficient (Wildman–Crippen LogP) is 5.28. The van der Waals surface area contributed by atoms with E-state index in [-0.39, 0.29) is 6.04 Å². The minimum atomic E-state index is 0.218. The summed E-state index contributed by atoms with van der Waals surface area (Å²) in [6.45, 7) is 8.88. The molecule has 20 heavy (non-hydrogen) atoms. The smallest absolute Gasteiger partial charge is 0.0300 e. The molecule has 1 atom stereocenters. The monoisotopic (exact) mass is 273 g/mol. The Bertz CT molecular complexity index is 429. The topological polar surface area (TPSA) is 26.0 Å². The molecule has 2 rings (SSSR count). The molecule has 0 spiro atoms. The molecule has 0 amide bonds. The summed E-state index contributed by atoms with van der Waals surface area (Å²) in [5, 5.41) is 0. The Kier molecular flexibility index (Phi) is 5.26. The lowest BCUT2D eigenvalue weighted by atomic mass is 9.82. The summed E-state index contributed by atoms with van der Waals surface area (Å²) in [5.41, 5.74) is 13.6. The van der Waals surface area contributed by atoms with Crippen LogP contribution in [0.4, 0.5) is 0 Å². The highest BCUT2D eigenvalue weighted by Crippen LogP contribution is 2.32. The maximum atomic E-state index is 6.55. The molecule has 0 saturated heterocycles. The van der Waals surface area contributed by atoms with Crippen LogP contribution in [0.1, 0.15) is 78.8 Å². The van der Waals surface area contributed by atoms with Crippen LogP contribution >= 0.6 is 0 Å². The van der Waals surface area contributed by atoms with Crippen molar-refractivity contribution in [2.45, 2.75) is 78.7 Å². The van der Waals surface area contributed by atoms with Gasteiger partial charge in [-0.05, 0) is 74.3 Å². The fraction of sp³-hybridized carbons (Fsp3) is 0.684. The van der Waals surface area contributed by atoms with Gasteiger partial charge in [-0.25, -0.2) is 0 Å². The Labute approximate surface area is 125 Å². The van der Waals surface area contributed by atoms with Crippen molar-refractivity contribution in [3.05, 3.63) is 33.9 Å². The molecule has 112 valence electrons. The molecule has 1 unspecified atom stereocenters. The summed E-state index contributed by atoms with van der Waals surface area (Å²) in [6.07, 6.45) is 9.62. The summed E-state index contributed by atoms with van der Waals surface area (Å²) < 4.78 is 0. The molecule has 1 heteroatoms. The third-order valence-corrected chi connectivity index (χ3v) is 5.41. The normalized spacial score (nSPS) is 18.2. The predicted molar refractivity (Wildman–Crippen MR) is 88.1 cm³/mol. The molecule has 0 bridgehead atoms. The Hall–Kier alpha value is -0.820. The molecule has 0 aromatic heterocycles. The van der Waals surface area contributed by atoms with Crippen molar-refractivity contribution in [2.75, 3.05) is 0 Å². The van der Waals surface area contributed by atoms with Crippen molar-refractivity contribution in [3.63, 3.8) is 0 Å². The van der Waals surface area contributed by atoms with Crippen molar-refractivity contribution < 1.29 is 0 Å². The maximum absolute atomic E-state index is 6.55. The highest BCUT2D eigenvalue weighted by molar-refractivity contribution is 5.45. The van der Waals surface area contributed by atoms with Crippen LogP contribution in [0, 0.1) is 33.6 Å². The molecular formula is C19H31N. The molecule has 2 N–H and O–H groups in total. The lowest BCUT2D eigenvalue weighted by molar-refractivity contribution is 0.323. The first kappa shape index (κ1) is 15.6. The first-order valence-corrected chi connectivity index (χ1v) is 8.33. The summed E-state index contributed by atoms with van der Waals surface area (Å²) in [6, 6.07) is 2.51. The van der Waals surface area contributed by atoms with Crippen LogP contribution in [0.3, 0.4) is 0 Å². The second-order valence-corrected chi connectivity index (χ2v) is 6.86. The zero-order valence-electron chi connectivity index (χ0n) is 13.8. The number of hydrogen-bond acceptors (Lipinski definition) is 1. The van der Waals surface area contributed by atoms with Gasteiger partial charge in [0.05, 0.1) is 0 Å². The van der Waals surface area contributed by atoms with Crippen molar-refractivity contribution in [2.24, 2.45) is 11.7 Å². The first-order valence-electron chi connectivity index (χ1n) is 8.33. The van der Waals surface area contributed by atoms with E-state index >= 15 is 0 Å². The number of aryl methyl sites for hydroxylation is 2. The number of rotatable bonds is 4. The van der Waals surface area contributed by atoms with Gasteiger partial charge >= 0.3 is 0 Å². The summed E-state index contributed by atoms with van der Waals surface area (Å²) in [7, 11) is 0. The number of benzene rings is 1. The quantitative estimate of drug-likeness (QED) is 0.793. The van der Waals surface area contributed by atoms with Crippen molar-refractivity contribution in [3.8, 4) is 0 Å². The van der Waals surface area contributed by atoms with E-state index in [0.717, 1.165) is 12.3 Å². The van der Waals surface area contributed by atoms with Crippen molar-refractivity contribution >= 4 is 0 Å². The van der Waals surface area contributed by atoms with Crippen LogP contribution in [0.5, 0.6) is 0 Å². The van der Waals surface area contributed by atoms with Gasteiger partial charge in [-0.3, -0.25) is 0 Å². The van der Waals surface area contributed by atoms with E-state index in [1.165, 1.54) is 66.3 Å². The van der Waals surface area contributed by atoms with E-state index in [4.69, 9.17) is 5.73 Å². The molecule has 1 aliphatic carbocycles. The van der Waals surface area contributed by atoms with Crippen LogP contribution in [-0.4, -0.2) is 0 Å². The molecular weight excluding hydrogens is 242 g/mol. The largest absolute Gasteiger partial charge is 0.324 e. The van der Waals surface area contributed by atoms with Gasteiger partial charge in [0.2, 0.25) is 0 Å². The van der Waals surface area contributed by atoms with Gasteiger partial charge in [0.25, 0.3) is 0 Å². The maximum Gasteiger partial charge on any atom is 0.0300 e. The Balaban J connectivity index is 2.06. The lowest BCUT2D eigenvalue weighted by Gasteiger charge is -2.25. The van der Waals surface area contributed by atoms with Crippen LogP contribution in [0.2, 0.25) is 0 Å². The van der Waals surface area contributed by atoms with Crippen LogP contribution in [-0.2, 0) is 0 Å². The first-order chi connectivity index (χ1) is 9.50. The van der Waals surface area contributed by atoms with Gasteiger partial charge in [0.1, 0.15) is 0 Å². The summed E-state index contributed by atoms with van der Waals surface area (Å²) in [5.74, 6) is 0.932. The van der Waals surface area contributed by atoms with Gasteiger partial charge in [-0.2, -0.15) is 0 Å². The van der Waals surface area contributed by atoms with Gasteiger partial charge in [-0.15, -0.1) is 0 Å². The minimum absolute atomic E-state index is 0.218. The molecule has 0 heterocycles. The zero-order valence-corrected chi connectivity index (χ0v) is 13.8. The third-order valence-electron chi connectivity index (χ3n) is 5.41. The van der Waals surface area contributed by atoms with Gasteiger partial charge in [0, 0.05) is 6.04 Å². The lowest BCUT2D eigenvalue weighted by Crippen LogP contribution is -2.17. The molecule has 1 aromatic carbocycles. The molecule has 1 saturated carbocycles. The van der Waals surface area contributed by atoms with E-state index in [2.05, 4.69) is 33.8 Å². The SMILES string of the molecule is Cc1cc(C)c(C)c(C(N)CCC2CCCCC2)c1C. The van der Waals surface area contributed by atoms with E-state index in [1.54, 1.807) is 0 Å². The molecule has 1 fully saturated rings. The minimum Gasteiger partial charge on any atom is -0.324 e. The highest BCUT2D eigenvalue weighted by atomic mass is 14.6. The molecule has 1 aliphatic rings. The fourth-order valence-electron chi connectivity index (χ4n) is 3.84. The fourth-order valence-corrected chi connectivity index (χ4v) is 3.84. The van der Waals surface area contributed by atoms with Gasteiger partial charge in [0.15, 0.2) is 0 Å². The molecule has 1 aromatic rings. The van der Waals surface area contributed by atoms with E-state index in [9.17, 15) is 0 Å². The standard InChI is InChI=1S/C19H31N/c1-13-12-14(2)16(4)19(15(13)3)18(20)11-10-17-8-6-5-7-9-17/h12,17-18H,5-11,20H2,1-4H3. The number of nitrogens with two attached hydrogens (primary N) is 1. The molecule has 1 nitrogen and oxygen atoms in total. The van der Waals surface area contributed by atoms with Gasteiger partial charge in [-0.1, -0.05) is 38.2 Å². The average molecular weight is 273 g/mol. The van der Waals surface area contributed by atoms with E-state index in [1.807, 2.05) is 0 Å². The van der Waals surface area contributed by atoms with Crippen molar-refractivity contribution in [1.29, 1.82) is 0 Å². The summed E-state index contributed by atoms with van der Waals surface area (Å²) >= 11 is 0. The highest BCUT2D eigenvalue weighted by Gasteiger charge is 2.18. The Morgan fingerprint density at radius 1 is 1.00 bits per heavy atom. The van der Waals surface area contributed by atoms with E-state index < -0.39 is 0 Å². The van der Waals surface area contributed by atoms with Crippen LogP contribution in [0.25, 0.3) is 0 Å². The third kappa shape index (κ3) is 3.44. The Morgan fingerprint density at radius 2 is 1.55 bits per heavy atom. The molecule has 0 aliphatic heterocycles. The molecule has 0 radical (unpaired) electrons. The summed E-state index contributed by atoms with van der Waals surface area (Å²) in [4.78, 5) is 0. The van der Waals surface area contributed by atoms with Crippen LogP contribution in [0.15, 0.2) is 6.07 Å². The second-order valence-electron chi connectivity index (χ2n) is 6.86. The second kappa shape index (κ2) is 6.76. The van der Waals surface area contributed by atoms with Gasteiger partial charge < -0.3 is 5.73 Å². The average Bonchev–Trinajstić information content (AvgIpc) is 2.44. The zero-order chi connectivity index (χ0) is 14.7.